The molecule has 0 radical (unpaired) electrons. The highest BCUT2D eigenvalue weighted by Gasteiger charge is 2.28. The molecule has 1 aromatic heterocycles. The van der Waals surface area contributed by atoms with Gasteiger partial charge in [0.05, 0.1) is 17.1 Å². The molecule has 0 fully saturated rings. The van der Waals surface area contributed by atoms with Crippen molar-refractivity contribution >= 4 is 34.3 Å². The third-order valence-corrected chi connectivity index (χ3v) is 5.89. The van der Waals surface area contributed by atoms with Gasteiger partial charge in [0.2, 0.25) is 5.95 Å². The molecule has 1 N–H and O–H groups in total. The Morgan fingerprint density at radius 2 is 1.83 bits per heavy atom. The summed E-state index contributed by atoms with van der Waals surface area (Å²) in [6.07, 6.45) is 2.02. The van der Waals surface area contributed by atoms with Gasteiger partial charge in [-0.1, -0.05) is 41.9 Å². The predicted octanol–water partition coefficient (Wildman–Crippen LogP) is 6.50. The Kier molecular flexibility index (Phi) is 4.18. The van der Waals surface area contributed by atoms with Crippen LogP contribution in [0.2, 0.25) is 5.02 Å². The summed E-state index contributed by atoms with van der Waals surface area (Å²) < 4.78 is 16.9. The fraction of sp³-hybridized carbons (Fsp3) is 0.125. The van der Waals surface area contributed by atoms with Gasteiger partial charge in [0.15, 0.2) is 0 Å². The SMILES string of the molecule is Cc1ccc(C2=CC(c3c(F)cccc3Cl)n3c(nc4ccccc43)N2)cc1C. The lowest BCUT2D eigenvalue weighted by molar-refractivity contribution is 0.584. The number of rotatable bonds is 2. The van der Waals surface area contributed by atoms with Crippen LogP contribution in [-0.2, 0) is 0 Å². The molecule has 0 aliphatic carbocycles. The summed E-state index contributed by atoms with van der Waals surface area (Å²) in [6.45, 7) is 4.17. The third-order valence-electron chi connectivity index (χ3n) is 5.56. The lowest BCUT2D eigenvalue weighted by atomic mass is 9.98. The number of nitrogens with one attached hydrogen (secondary N) is 1. The molecule has 4 aromatic rings. The van der Waals surface area contributed by atoms with Gasteiger partial charge in [-0.25, -0.2) is 9.37 Å². The van der Waals surface area contributed by atoms with E-state index in [1.165, 1.54) is 17.2 Å². The Labute approximate surface area is 173 Å². The fourth-order valence-electron chi connectivity index (χ4n) is 3.89. The van der Waals surface area contributed by atoms with Crippen LogP contribution < -0.4 is 5.32 Å². The molecule has 0 bridgehead atoms. The van der Waals surface area contributed by atoms with Gasteiger partial charge in [-0.05, 0) is 66.9 Å². The zero-order chi connectivity index (χ0) is 20.1. The quantitative estimate of drug-likeness (QED) is 0.414. The normalized spacial score (nSPS) is 15.7. The van der Waals surface area contributed by atoms with Crippen LogP contribution in [0.3, 0.4) is 0 Å². The number of allylic oxidation sites excluding steroid dienone is 1. The lowest BCUT2D eigenvalue weighted by Crippen LogP contribution is -2.20. The molecule has 0 saturated heterocycles. The first kappa shape index (κ1) is 18.0. The maximum absolute atomic E-state index is 14.9. The molecular formula is C24H19ClFN3. The highest BCUT2D eigenvalue weighted by molar-refractivity contribution is 6.31. The molecule has 3 nitrogen and oxygen atoms in total. The number of fused-ring (bicyclic) bond motifs is 3. The maximum atomic E-state index is 14.9. The van der Waals surface area contributed by atoms with Crippen molar-refractivity contribution in [3.8, 4) is 0 Å². The number of anilines is 1. The lowest BCUT2D eigenvalue weighted by Gasteiger charge is -2.27. The largest absolute Gasteiger partial charge is 0.325 e. The molecule has 0 amide bonds. The van der Waals surface area contributed by atoms with E-state index in [0.717, 1.165) is 22.3 Å². The van der Waals surface area contributed by atoms with Crippen molar-refractivity contribution in [1.29, 1.82) is 0 Å². The Bertz CT molecular complexity index is 1270. The molecule has 3 aromatic carbocycles. The van der Waals surface area contributed by atoms with E-state index in [2.05, 4.69) is 37.4 Å². The van der Waals surface area contributed by atoms with Crippen LogP contribution in [-0.4, -0.2) is 9.55 Å². The minimum atomic E-state index is -0.413. The summed E-state index contributed by atoms with van der Waals surface area (Å²) in [5, 5.41) is 3.83. The molecule has 1 unspecified atom stereocenters. The van der Waals surface area contributed by atoms with Crippen LogP contribution >= 0.6 is 11.6 Å². The van der Waals surface area contributed by atoms with Gasteiger partial charge >= 0.3 is 0 Å². The average molecular weight is 404 g/mol. The minimum absolute atomic E-state index is 0.330. The Morgan fingerprint density at radius 1 is 1.00 bits per heavy atom. The van der Waals surface area contributed by atoms with Gasteiger partial charge in [-0.3, -0.25) is 4.57 Å². The number of nitrogens with zero attached hydrogens (tertiary/aromatic N) is 2. The van der Waals surface area contributed by atoms with Gasteiger partial charge in [0.25, 0.3) is 0 Å². The van der Waals surface area contributed by atoms with Crippen LogP contribution in [0.4, 0.5) is 10.3 Å². The molecule has 1 atom stereocenters. The Morgan fingerprint density at radius 3 is 2.62 bits per heavy atom. The van der Waals surface area contributed by atoms with Crippen LogP contribution in [0, 0.1) is 19.7 Å². The van der Waals surface area contributed by atoms with E-state index < -0.39 is 6.04 Å². The second kappa shape index (κ2) is 6.75. The molecule has 1 aliphatic heterocycles. The fourth-order valence-corrected chi connectivity index (χ4v) is 4.17. The maximum Gasteiger partial charge on any atom is 0.209 e. The van der Waals surface area contributed by atoms with Crippen molar-refractivity contribution in [1.82, 2.24) is 9.55 Å². The van der Waals surface area contributed by atoms with Crippen molar-refractivity contribution in [2.45, 2.75) is 19.9 Å². The monoisotopic (exact) mass is 403 g/mol. The molecule has 2 heterocycles. The highest BCUT2D eigenvalue weighted by Crippen LogP contribution is 2.40. The van der Waals surface area contributed by atoms with E-state index in [4.69, 9.17) is 16.6 Å². The molecule has 5 rings (SSSR count). The van der Waals surface area contributed by atoms with Crippen molar-refractivity contribution < 1.29 is 4.39 Å². The third kappa shape index (κ3) is 2.91. The average Bonchev–Trinajstić information content (AvgIpc) is 3.08. The molecule has 5 heteroatoms. The second-order valence-corrected chi connectivity index (χ2v) is 7.79. The van der Waals surface area contributed by atoms with Crippen LogP contribution in [0.15, 0.2) is 66.7 Å². The highest BCUT2D eigenvalue weighted by atomic mass is 35.5. The van der Waals surface area contributed by atoms with E-state index in [1.54, 1.807) is 12.1 Å². The van der Waals surface area contributed by atoms with Gasteiger partial charge in [-0.2, -0.15) is 0 Å². The predicted molar refractivity (Wildman–Crippen MR) is 117 cm³/mol. The first-order chi connectivity index (χ1) is 14.0. The van der Waals surface area contributed by atoms with Crippen molar-refractivity contribution in [3.63, 3.8) is 0 Å². The van der Waals surface area contributed by atoms with E-state index in [1.807, 2.05) is 34.9 Å². The summed E-state index contributed by atoms with van der Waals surface area (Å²) in [4.78, 5) is 4.75. The molecule has 0 saturated carbocycles. The number of halogens is 2. The summed E-state index contributed by atoms with van der Waals surface area (Å²) >= 11 is 6.46. The van der Waals surface area contributed by atoms with Gasteiger partial charge in [0, 0.05) is 16.3 Å². The molecule has 0 spiro atoms. The van der Waals surface area contributed by atoms with Crippen molar-refractivity contribution in [2.75, 3.05) is 5.32 Å². The number of aryl methyl sites for hydroxylation is 2. The number of imidazole rings is 1. The molecular weight excluding hydrogens is 385 g/mol. The molecule has 144 valence electrons. The van der Waals surface area contributed by atoms with Gasteiger partial charge < -0.3 is 5.32 Å². The number of para-hydroxylation sites is 2. The van der Waals surface area contributed by atoms with Crippen LogP contribution in [0.5, 0.6) is 0 Å². The topological polar surface area (TPSA) is 29.9 Å². The number of aromatic nitrogens is 2. The zero-order valence-corrected chi connectivity index (χ0v) is 16.8. The van der Waals surface area contributed by atoms with Gasteiger partial charge in [-0.15, -0.1) is 0 Å². The first-order valence-corrected chi connectivity index (χ1v) is 9.88. The van der Waals surface area contributed by atoms with Crippen molar-refractivity contribution in [3.05, 3.63) is 99.8 Å². The number of hydrogen-bond donors (Lipinski definition) is 1. The molecule has 29 heavy (non-hydrogen) atoms. The van der Waals surface area contributed by atoms with Crippen LogP contribution in [0.1, 0.15) is 28.3 Å². The van der Waals surface area contributed by atoms with E-state index in [0.29, 0.717) is 16.5 Å². The zero-order valence-electron chi connectivity index (χ0n) is 16.1. The summed E-state index contributed by atoms with van der Waals surface area (Å²) in [7, 11) is 0. The van der Waals surface area contributed by atoms with Crippen molar-refractivity contribution in [2.24, 2.45) is 0 Å². The standard InChI is InChI=1S/C24H19ClFN3/c1-14-10-11-16(12-15(14)2)20-13-22(23-17(25)6-5-7-18(23)26)29-21-9-4-3-8-19(21)27-24(29)28-20/h3-13,22H,1-2H3,(H,27,28). The summed E-state index contributed by atoms with van der Waals surface area (Å²) in [5.74, 6) is 0.343. The number of benzene rings is 3. The first-order valence-electron chi connectivity index (χ1n) is 9.50. The van der Waals surface area contributed by atoms with E-state index in [-0.39, 0.29) is 5.82 Å². The Balaban J connectivity index is 1.77. The minimum Gasteiger partial charge on any atom is -0.325 e. The number of hydrogen-bond acceptors (Lipinski definition) is 2. The molecule has 1 aliphatic rings. The summed E-state index contributed by atoms with van der Waals surface area (Å²) in [6, 6.07) is 18.5. The van der Waals surface area contributed by atoms with Crippen LogP contribution in [0.25, 0.3) is 16.7 Å². The van der Waals surface area contributed by atoms with Gasteiger partial charge in [0.1, 0.15) is 5.82 Å². The Hall–Kier alpha value is -3.11. The summed E-state index contributed by atoms with van der Waals surface area (Å²) in [5.41, 5.74) is 6.57. The van der Waals surface area contributed by atoms with E-state index in [9.17, 15) is 4.39 Å². The second-order valence-electron chi connectivity index (χ2n) is 7.38. The van der Waals surface area contributed by atoms with E-state index >= 15 is 0 Å². The smallest absolute Gasteiger partial charge is 0.209 e.